The molecule has 0 spiro atoms. The summed E-state index contributed by atoms with van der Waals surface area (Å²) in [6.45, 7) is 0. The van der Waals surface area contributed by atoms with Crippen molar-refractivity contribution in [3.63, 3.8) is 0 Å². The van der Waals surface area contributed by atoms with Gasteiger partial charge in [-0.15, -0.1) is 0 Å². The van der Waals surface area contributed by atoms with E-state index in [1.165, 1.54) is 31.4 Å². The van der Waals surface area contributed by atoms with Crippen LogP contribution in [0.3, 0.4) is 0 Å². The molecule has 0 atom stereocenters. The zero-order valence-electron chi connectivity index (χ0n) is 13.5. The number of amides is 1. The van der Waals surface area contributed by atoms with E-state index in [9.17, 15) is 14.9 Å². The number of hydrogen-bond donors (Lipinski definition) is 2. The molecule has 3 rings (SSSR count). The number of non-ortho nitro benzene ring substituents is 1. The van der Waals surface area contributed by atoms with Gasteiger partial charge in [-0.3, -0.25) is 14.9 Å². The van der Waals surface area contributed by atoms with Crippen molar-refractivity contribution in [1.82, 2.24) is 15.4 Å². The van der Waals surface area contributed by atoms with Crippen molar-refractivity contribution in [2.24, 2.45) is 5.73 Å². The average molecular weight is 355 g/mol. The van der Waals surface area contributed by atoms with Crippen LogP contribution in [0.2, 0.25) is 0 Å². The van der Waals surface area contributed by atoms with Crippen LogP contribution in [0.4, 0.5) is 5.69 Å². The first-order chi connectivity index (χ1) is 12.5. The minimum atomic E-state index is -0.709. The number of nitrogens with two attached hydrogens (primary N) is 1. The van der Waals surface area contributed by atoms with E-state index >= 15 is 0 Å². The van der Waals surface area contributed by atoms with Crippen molar-refractivity contribution < 1.29 is 19.2 Å². The lowest BCUT2D eigenvalue weighted by Crippen LogP contribution is -2.12. The van der Waals surface area contributed by atoms with E-state index in [4.69, 9.17) is 15.2 Å². The number of carbonyl (C=O) groups excluding carboxylic acids is 1. The monoisotopic (exact) mass is 355 g/mol. The van der Waals surface area contributed by atoms with Gasteiger partial charge in [0.25, 0.3) is 11.6 Å². The van der Waals surface area contributed by atoms with Crippen LogP contribution in [0.15, 0.2) is 42.5 Å². The van der Waals surface area contributed by atoms with Gasteiger partial charge in [0.2, 0.25) is 0 Å². The fraction of sp³-hybridized carbons (Fsp3) is 0.0625. The van der Waals surface area contributed by atoms with Crippen molar-refractivity contribution in [2.75, 3.05) is 7.11 Å². The van der Waals surface area contributed by atoms with E-state index < -0.39 is 10.8 Å². The fourth-order valence-electron chi connectivity index (χ4n) is 2.27. The molecule has 0 saturated carbocycles. The molecule has 0 aliphatic rings. The molecule has 0 aliphatic carbocycles. The zero-order chi connectivity index (χ0) is 18.7. The number of aromatic amines is 1. The highest BCUT2D eigenvalue weighted by atomic mass is 16.6. The summed E-state index contributed by atoms with van der Waals surface area (Å²) in [5.41, 5.74) is 6.09. The first kappa shape index (κ1) is 16.9. The van der Waals surface area contributed by atoms with Crippen molar-refractivity contribution in [1.29, 1.82) is 0 Å². The molecule has 2 aromatic carbocycles. The van der Waals surface area contributed by atoms with Gasteiger partial charge in [-0.05, 0) is 30.3 Å². The van der Waals surface area contributed by atoms with Gasteiger partial charge < -0.3 is 15.2 Å². The molecular formula is C16H13N5O5. The number of aromatic nitrogens is 3. The summed E-state index contributed by atoms with van der Waals surface area (Å²) in [5, 5.41) is 20.7. The molecule has 1 heterocycles. The molecular weight excluding hydrogens is 342 g/mol. The van der Waals surface area contributed by atoms with Gasteiger partial charge in [-0.25, -0.2) is 0 Å². The van der Waals surface area contributed by atoms with Crippen LogP contribution in [0, 0.1) is 10.1 Å². The second-order valence-electron chi connectivity index (χ2n) is 5.10. The third-order valence-corrected chi connectivity index (χ3v) is 3.49. The molecule has 0 aliphatic heterocycles. The highest BCUT2D eigenvalue weighted by Gasteiger charge is 2.17. The maximum Gasteiger partial charge on any atom is 0.271 e. The highest BCUT2D eigenvalue weighted by molar-refractivity contribution is 5.96. The summed E-state index contributed by atoms with van der Waals surface area (Å²) < 4.78 is 11.0. The Morgan fingerprint density at radius 2 is 1.88 bits per heavy atom. The fourth-order valence-corrected chi connectivity index (χ4v) is 2.27. The maximum absolute atomic E-state index is 11.4. The van der Waals surface area contributed by atoms with Crippen LogP contribution in [-0.2, 0) is 0 Å². The van der Waals surface area contributed by atoms with Crippen molar-refractivity contribution >= 4 is 11.6 Å². The number of hydrogen-bond acceptors (Lipinski definition) is 7. The number of nitro groups is 1. The Bertz CT molecular complexity index is 967. The molecule has 1 amide bonds. The average Bonchev–Trinajstić information content (AvgIpc) is 3.12. The molecule has 3 aromatic rings. The Morgan fingerprint density at radius 3 is 2.50 bits per heavy atom. The lowest BCUT2D eigenvalue weighted by molar-refractivity contribution is -0.384. The predicted molar refractivity (Wildman–Crippen MR) is 90.1 cm³/mol. The van der Waals surface area contributed by atoms with Crippen molar-refractivity contribution in [3.05, 3.63) is 58.3 Å². The number of primary amides is 1. The summed E-state index contributed by atoms with van der Waals surface area (Å²) in [6.07, 6.45) is 0. The van der Waals surface area contributed by atoms with E-state index in [0.717, 1.165) is 0 Å². The molecule has 10 heteroatoms. The highest BCUT2D eigenvalue weighted by Crippen LogP contribution is 2.35. The lowest BCUT2D eigenvalue weighted by Gasteiger charge is -2.11. The van der Waals surface area contributed by atoms with Crippen molar-refractivity contribution in [3.8, 4) is 28.5 Å². The number of rotatable bonds is 6. The Labute approximate surface area is 146 Å². The topological polar surface area (TPSA) is 146 Å². The van der Waals surface area contributed by atoms with Crippen LogP contribution in [-0.4, -0.2) is 33.4 Å². The minimum absolute atomic E-state index is 0.0103. The summed E-state index contributed by atoms with van der Waals surface area (Å²) in [7, 11) is 1.46. The minimum Gasteiger partial charge on any atom is -0.493 e. The van der Waals surface area contributed by atoms with Crippen LogP contribution >= 0.6 is 0 Å². The summed E-state index contributed by atoms with van der Waals surface area (Å²) in [5.74, 6) is 0.452. The van der Waals surface area contributed by atoms with Gasteiger partial charge in [-0.1, -0.05) is 0 Å². The molecule has 132 valence electrons. The predicted octanol–water partition coefficient (Wildman–Crippen LogP) is 2.28. The summed E-state index contributed by atoms with van der Waals surface area (Å²) in [6, 6.07) is 10.5. The Kier molecular flexibility index (Phi) is 4.48. The molecule has 3 N–H and O–H groups in total. The van der Waals surface area contributed by atoms with E-state index in [0.29, 0.717) is 22.8 Å². The summed E-state index contributed by atoms with van der Waals surface area (Å²) in [4.78, 5) is 21.6. The molecule has 0 radical (unpaired) electrons. The van der Waals surface area contributed by atoms with E-state index in [-0.39, 0.29) is 17.1 Å². The number of methoxy groups -OCH3 is 1. The van der Waals surface area contributed by atoms with Crippen LogP contribution < -0.4 is 15.2 Å². The Balaban J connectivity index is 1.90. The number of H-pyrrole nitrogens is 1. The molecule has 10 nitrogen and oxygen atoms in total. The third-order valence-electron chi connectivity index (χ3n) is 3.49. The van der Waals surface area contributed by atoms with E-state index in [2.05, 4.69) is 15.4 Å². The number of nitrogens with one attached hydrogen (secondary N) is 1. The Morgan fingerprint density at radius 1 is 1.15 bits per heavy atom. The summed E-state index contributed by atoms with van der Waals surface area (Å²) >= 11 is 0. The molecule has 0 fully saturated rings. The van der Waals surface area contributed by atoms with Gasteiger partial charge in [0, 0.05) is 17.7 Å². The molecule has 1 aromatic heterocycles. The SMILES string of the molecule is COc1cc(-c2n[nH]nc2C(N)=O)ccc1Oc1ccc([N+](=O)[O-])cc1. The molecule has 26 heavy (non-hydrogen) atoms. The second-order valence-corrected chi connectivity index (χ2v) is 5.10. The number of nitrogens with zero attached hydrogens (tertiary/aromatic N) is 3. The normalized spacial score (nSPS) is 10.3. The largest absolute Gasteiger partial charge is 0.493 e. The van der Waals surface area contributed by atoms with Gasteiger partial charge in [0.15, 0.2) is 17.2 Å². The van der Waals surface area contributed by atoms with Crippen LogP contribution in [0.25, 0.3) is 11.3 Å². The maximum atomic E-state index is 11.4. The van der Waals surface area contributed by atoms with Crippen molar-refractivity contribution in [2.45, 2.75) is 0 Å². The van der Waals surface area contributed by atoms with Gasteiger partial charge in [0.1, 0.15) is 11.4 Å². The quantitative estimate of drug-likeness (QED) is 0.509. The van der Waals surface area contributed by atoms with Gasteiger partial charge in [-0.2, -0.15) is 15.4 Å². The zero-order valence-corrected chi connectivity index (χ0v) is 13.5. The smallest absolute Gasteiger partial charge is 0.271 e. The number of ether oxygens (including phenoxy) is 2. The standard InChI is InChI=1S/C16H13N5O5/c1-25-13-8-9(14-15(16(17)22)19-20-18-14)2-7-12(13)26-11-5-3-10(4-6-11)21(23)24/h2-8H,1H3,(H2,17,22)(H,18,19,20). The van der Waals surface area contributed by atoms with Gasteiger partial charge >= 0.3 is 0 Å². The van der Waals surface area contributed by atoms with E-state index in [1.807, 2.05) is 0 Å². The number of carbonyl (C=O) groups is 1. The second kappa shape index (κ2) is 6.89. The Hall–Kier alpha value is -3.95. The molecule has 0 bridgehead atoms. The first-order valence-electron chi connectivity index (χ1n) is 7.31. The number of nitro benzene ring substituents is 1. The van der Waals surface area contributed by atoms with Crippen LogP contribution in [0.5, 0.6) is 17.2 Å². The number of benzene rings is 2. The molecule has 0 saturated heterocycles. The molecule has 0 unspecified atom stereocenters. The lowest BCUT2D eigenvalue weighted by atomic mass is 10.1. The third kappa shape index (κ3) is 3.29. The van der Waals surface area contributed by atoms with Gasteiger partial charge in [0.05, 0.1) is 12.0 Å². The van der Waals surface area contributed by atoms with E-state index in [1.54, 1.807) is 18.2 Å². The van der Waals surface area contributed by atoms with Crippen LogP contribution in [0.1, 0.15) is 10.5 Å². The first-order valence-corrected chi connectivity index (χ1v) is 7.31.